The van der Waals surface area contributed by atoms with Gasteiger partial charge in [0.1, 0.15) is 11.4 Å². The fourth-order valence-electron chi connectivity index (χ4n) is 2.70. The van der Waals surface area contributed by atoms with Gasteiger partial charge in [-0.1, -0.05) is 18.2 Å². The van der Waals surface area contributed by atoms with Crippen LogP contribution >= 0.6 is 0 Å². The minimum absolute atomic E-state index is 0.165. The first-order chi connectivity index (χ1) is 11.3. The Balaban J connectivity index is 1.41. The molecule has 0 fully saturated rings. The quantitative estimate of drug-likeness (QED) is 0.776. The number of hydrogen-bond donors (Lipinski definition) is 2. The largest absolute Gasteiger partial charge is 0.493 e. The SMILES string of the molecule is O=C(NCC1COc2ccccc21)c1cc(-c2ccco2)[nH]n1. The van der Waals surface area contributed by atoms with E-state index < -0.39 is 0 Å². The van der Waals surface area contributed by atoms with Crippen LogP contribution < -0.4 is 10.1 Å². The number of para-hydroxylation sites is 1. The fourth-order valence-corrected chi connectivity index (χ4v) is 2.70. The minimum Gasteiger partial charge on any atom is -0.493 e. The van der Waals surface area contributed by atoms with Crippen molar-refractivity contribution in [3.63, 3.8) is 0 Å². The number of amides is 1. The van der Waals surface area contributed by atoms with Gasteiger partial charge in [-0.25, -0.2) is 0 Å². The number of H-pyrrole nitrogens is 1. The number of hydrogen-bond acceptors (Lipinski definition) is 4. The first-order valence-corrected chi connectivity index (χ1v) is 7.40. The number of nitrogens with one attached hydrogen (secondary N) is 2. The molecule has 1 aliphatic rings. The number of fused-ring (bicyclic) bond motifs is 1. The molecule has 116 valence electrons. The van der Waals surface area contributed by atoms with Crippen molar-refractivity contribution in [2.24, 2.45) is 0 Å². The van der Waals surface area contributed by atoms with Crippen LogP contribution in [-0.2, 0) is 0 Å². The molecule has 23 heavy (non-hydrogen) atoms. The lowest BCUT2D eigenvalue weighted by atomic mass is 10.0. The van der Waals surface area contributed by atoms with E-state index in [2.05, 4.69) is 15.5 Å². The summed E-state index contributed by atoms with van der Waals surface area (Å²) < 4.78 is 10.9. The lowest BCUT2D eigenvalue weighted by Crippen LogP contribution is -2.29. The summed E-state index contributed by atoms with van der Waals surface area (Å²) in [6.07, 6.45) is 1.58. The van der Waals surface area contributed by atoms with Gasteiger partial charge >= 0.3 is 0 Å². The van der Waals surface area contributed by atoms with Crippen molar-refractivity contribution in [3.05, 3.63) is 60.0 Å². The van der Waals surface area contributed by atoms with Crippen LogP contribution in [0, 0.1) is 0 Å². The summed E-state index contributed by atoms with van der Waals surface area (Å²) in [5.41, 5.74) is 2.14. The monoisotopic (exact) mass is 309 g/mol. The molecule has 2 N–H and O–H groups in total. The third-order valence-electron chi connectivity index (χ3n) is 3.91. The highest BCUT2D eigenvalue weighted by Gasteiger charge is 2.24. The number of aromatic amines is 1. The summed E-state index contributed by atoms with van der Waals surface area (Å²) in [5.74, 6) is 1.49. The smallest absolute Gasteiger partial charge is 0.271 e. The van der Waals surface area contributed by atoms with Gasteiger partial charge in [-0.05, 0) is 18.2 Å². The highest BCUT2D eigenvalue weighted by Crippen LogP contribution is 2.32. The normalized spacial score (nSPS) is 15.9. The summed E-state index contributed by atoms with van der Waals surface area (Å²) in [7, 11) is 0. The van der Waals surface area contributed by atoms with Crippen LogP contribution in [0.4, 0.5) is 0 Å². The highest BCUT2D eigenvalue weighted by atomic mass is 16.5. The first-order valence-electron chi connectivity index (χ1n) is 7.40. The molecule has 1 aromatic carbocycles. The second kappa shape index (κ2) is 5.64. The predicted octanol–water partition coefficient (Wildman–Crippen LogP) is 2.58. The zero-order chi connectivity index (χ0) is 15.6. The van der Waals surface area contributed by atoms with Crippen LogP contribution in [0.25, 0.3) is 11.5 Å². The Kier molecular flexibility index (Phi) is 3.34. The molecule has 3 heterocycles. The minimum atomic E-state index is -0.219. The number of furan rings is 1. The van der Waals surface area contributed by atoms with Crippen LogP contribution in [0.5, 0.6) is 5.75 Å². The van der Waals surface area contributed by atoms with Gasteiger partial charge in [-0.15, -0.1) is 0 Å². The van der Waals surface area contributed by atoms with Gasteiger partial charge in [0.05, 0.1) is 12.9 Å². The number of carbonyl (C=O) groups is 1. The van der Waals surface area contributed by atoms with E-state index in [9.17, 15) is 4.79 Å². The lowest BCUT2D eigenvalue weighted by molar-refractivity contribution is 0.0945. The third kappa shape index (κ3) is 2.59. The van der Waals surface area contributed by atoms with E-state index in [-0.39, 0.29) is 11.8 Å². The van der Waals surface area contributed by atoms with Crippen molar-refractivity contribution in [2.75, 3.05) is 13.2 Å². The summed E-state index contributed by atoms with van der Waals surface area (Å²) in [6, 6.07) is 13.2. The number of nitrogens with zero attached hydrogens (tertiary/aromatic N) is 1. The topological polar surface area (TPSA) is 80.1 Å². The van der Waals surface area contributed by atoms with E-state index in [1.165, 1.54) is 0 Å². The van der Waals surface area contributed by atoms with Gasteiger partial charge in [0.25, 0.3) is 5.91 Å². The van der Waals surface area contributed by atoms with Crippen molar-refractivity contribution >= 4 is 5.91 Å². The first kappa shape index (κ1) is 13.6. The van der Waals surface area contributed by atoms with Gasteiger partial charge in [-0.3, -0.25) is 9.89 Å². The molecule has 4 rings (SSSR count). The summed E-state index contributed by atoms with van der Waals surface area (Å²) in [5, 5.41) is 9.75. The molecule has 1 aliphatic heterocycles. The zero-order valence-electron chi connectivity index (χ0n) is 12.3. The number of carbonyl (C=O) groups excluding carboxylic acids is 1. The molecule has 1 unspecified atom stereocenters. The Morgan fingerprint density at radius 3 is 3.09 bits per heavy atom. The number of aromatic nitrogens is 2. The Morgan fingerprint density at radius 2 is 2.22 bits per heavy atom. The van der Waals surface area contributed by atoms with Crippen LogP contribution in [0.15, 0.2) is 53.1 Å². The third-order valence-corrected chi connectivity index (χ3v) is 3.91. The van der Waals surface area contributed by atoms with Crippen molar-refractivity contribution in [1.29, 1.82) is 0 Å². The van der Waals surface area contributed by atoms with Gasteiger partial charge < -0.3 is 14.5 Å². The molecule has 6 heteroatoms. The molecular weight excluding hydrogens is 294 g/mol. The van der Waals surface area contributed by atoms with Crippen LogP contribution in [0.1, 0.15) is 22.0 Å². The number of ether oxygens (including phenoxy) is 1. The summed E-state index contributed by atoms with van der Waals surface area (Å²) in [4.78, 5) is 12.2. The average molecular weight is 309 g/mol. The molecule has 0 saturated heterocycles. The Morgan fingerprint density at radius 1 is 1.30 bits per heavy atom. The lowest BCUT2D eigenvalue weighted by Gasteiger charge is -2.09. The highest BCUT2D eigenvalue weighted by molar-refractivity contribution is 5.93. The maximum Gasteiger partial charge on any atom is 0.271 e. The number of benzene rings is 1. The van der Waals surface area contributed by atoms with E-state index in [0.717, 1.165) is 11.3 Å². The molecule has 1 amide bonds. The molecule has 0 bridgehead atoms. The van der Waals surface area contributed by atoms with Crippen molar-refractivity contribution in [1.82, 2.24) is 15.5 Å². The second-order valence-corrected chi connectivity index (χ2v) is 5.40. The van der Waals surface area contributed by atoms with E-state index in [4.69, 9.17) is 9.15 Å². The molecule has 1 atom stereocenters. The fraction of sp³-hybridized carbons (Fsp3) is 0.176. The van der Waals surface area contributed by atoms with E-state index in [1.807, 2.05) is 30.3 Å². The number of rotatable bonds is 4. The van der Waals surface area contributed by atoms with Gasteiger partial charge in [0.15, 0.2) is 11.5 Å². The van der Waals surface area contributed by atoms with Gasteiger partial charge in [0.2, 0.25) is 0 Å². The summed E-state index contributed by atoms with van der Waals surface area (Å²) >= 11 is 0. The zero-order valence-corrected chi connectivity index (χ0v) is 12.3. The van der Waals surface area contributed by atoms with Crippen molar-refractivity contribution in [3.8, 4) is 17.2 Å². The molecule has 6 nitrogen and oxygen atoms in total. The van der Waals surface area contributed by atoms with Crippen molar-refractivity contribution < 1.29 is 13.9 Å². The van der Waals surface area contributed by atoms with Crippen LogP contribution in [0.3, 0.4) is 0 Å². The second-order valence-electron chi connectivity index (χ2n) is 5.40. The summed E-state index contributed by atoms with van der Waals surface area (Å²) in [6.45, 7) is 1.09. The van der Waals surface area contributed by atoms with E-state index in [1.54, 1.807) is 18.4 Å². The van der Waals surface area contributed by atoms with Crippen LogP contribution in [-0.4, -0.2) is 29.3 Å². The Labute approximate surface area is 132 Å². The average Bonchev–Trinajstić information content (AvgIpc) is 3.31. The molecular formula is C17H15N3O3. The molecule has 0 saturated carbocycles. The molecule has 2 aromatic heterocycles. The standard InChI is InChI=1S/C17H15N3O3/c21-17(14-8-13(19-20-14)16-6-3-7-22-16)18-9-11-10-23-15-5-2-1-4-12(11)15/h1-8,11H,9-10H2,(H,18,21)(H,19,20). The predicted molar refractivity (Wildman–Crippen MR) is 83.3 cm³/mol. The van der Waals surface area contributed by atoms with Crippen molar-refractivity contribution in [2.45, 2.75) is 5.92 Å². The van der Waals surface area contributed by atoms with Crippen LogP contribution in [0.2, 0.25) is 0 Å². The maximum atomic E-state index is 12.2. The maximum absolute atomic E-state index is 12.2. The Hall–Kier alpha value is -3.02. The molecule has 3 aromatic rings. The van der Waals surface area contributed by atoms with E-state index in [0.29, 0.717) is 30.3 Å². The molecule has 0 radical (unpaired) electrons. The molecule has 0 spiro atoms. The van der Waals surface area contributed by atoms with Gasteiger partial charge in [-0.2, -0.15) is 5.10 Å². The Bertz CT molecular complexity index is 823. The molecule has 0 aliphatic carbocycles. The van der Waals surface area contributed by atoms with Gasteiger partial charge in [0, 0.05) is 24.1 Å². The van der Waals surface area contributed by atoms with E-state index >= 15 is 0 Å².